The maximum Gasteiger partial charge on any atom is 0.268 e. The van der Waals surface area contributed by atoms with Gasteiger partial charge in [-0.2, -0.15) is 0 Å². The van der Waals surface area contributed by atoms with E-state index < -0.39 is 26.6 Å². The number of carbonyl (C=O) groups is 1. The van der Waals surface area contributed by atoms with Gasteiger partial charge in [0.2, 0.25) is 5.91 Å². The molecule has 0 spiro atoms. The van der Waals surface area contributed by atoms with E-state index in [-0.39, 0.29) is 12.5 Å². The summed E-state index contributed by atoms with van der Waals surface area (Å²) in [4.78, 5) is 25.6. The van der Waals surface area contributed by atoms with Crippen LogP contribution in [0.5, 0.6) is 0 Å². The van der Waals surface area contributed by atoms with Gasteiger partial charge in [-0.25, -0.2) is 0 Å². The molecule has 0 aliphatic heterocycles. The second-order valence-electron chi connectivity index (χ2n) is 22.7. The number of hydrogen-bond donors (Lipinski definition) is 2. The molecule has 0 aliphatic carbocycles. The molecule has 0 aromatic heterocycles. The number of phosphoric ester groups is 1. The molecule has 1 amide bonds. The lowest BCUT2D eigenvalue weighted by molar-refractivity contribution is -0.870. The minimum atomic E-state index is -4.61. The van der Waals surface area contributed by atoms with Crippen LogP contribution in [0.25, 0.3) is 0 Å². The lowest BCUT2D eigenvalue weighted by atomic mass is 10.0. The number of hydrogen-bond acceptors (Lipinski definition) is 6. The first-order valence-corrected chi connectivity index (χ1v) is 33.4. The first kappa shape index (κ1) is 73.7. The smallest absolute Gasteiger partial charge is 0.268 e. The van der Waals surface area contributed by atoms with E-state index in [1.165, 1.54) is 193 Å². The fourth-order valence-corrected chi connectivity index (χ4v) is 9.84. The van der Waals surface area contributed by atoms with Crippen molar-refractivity contribution in [3.05, 3.63) is 85.1 Å². The van der Waals surface area contributed by atoms with E-state index >= 15 is 0 Å². The average Bonchev–Trinajstić information content (AvgIpc) is 3.38. The number of allylic oxidation sites excluding steroid dienone is 13. The topological polar surface area (TPSA) is 108 Å². The summed E-state index contributed by atoms with van der Waals surface area (Å²) in [6.07, 6.45) is 81.2. The zero-order chi connectivity index (χ0) is 55.6. The molecule has 0 aromatic carbocycles. The standard InChI is InChI=1S/C67H123N2O6P/c1-6-8-10-12-14-16-18-20-22-24-26-28-29-30-31-32-33-34-35-36-37-38-39-41-43-45-47-49-51-53-55-57-59-61-67(71)68-65(64-75-76(72,73)74-63-62-69(3,4)5)66(70)60-58-56-54-52-50-48-46-44-42-40-27-25-23-21-19-17-15-13-11-9-7-2/h8,10,14,16,20,22,26,28,42,44,50,52,58,60,65-66,70H,6-7,9,11-13,15,17-19,21,23-25,27,29-41,43,45-49,51,53-57,59,61-64H2,1-5H3,(H-,68,71,72,73)/b10-8-,16-14-,22-20-,28-26-,44-42+,52-50+,60-58+. The Hall–Kier alpha value is -2.32. The zero-order valence-corrected chi connectivity index (χ0v) is 51.3. The van der Waals surface area contributed by atoms with Crippen molar-refractivity contribution in [1.82, 2.24) is 5.32 Å². The van der Waals surface area contributed by atoms with Crippen LogP contribution in [0.4, 0.5) is 0 Å². The molecule has 0 saturated carbocycles. The Kier molecular flexibility index (Phi) is 55.6. The van der Waals surface area contributed by atoms with Gasteiger partial charge in [-0.05, 0) is 83.5 Å². The number of likely N-dealkylation sites (N-methyl/N-ethyl adjacent to an activating group) is 1. The summed E-state index contributed by atoms with van der Waals surface area (Å²) < 4.78 is 23.4. The van der Waals surface area contributed by atoms with Gasteiger partial charge in [0, 0.05) is 6.42 Å². The minimum Gasteiger partial charge on any atom is -0.756 e. The molecule has 0 aliphatic rings. The predicted octanol–water partition coefficient (Wildman–Crippen LogP) is 19.4. The van der Waals surface area contributed by atoms with Gasteiger partial charge in [0.25, 0.3) is 7.82 Å². The number of carbonyl (C=O) groups excluding carboxylic acids is 1. The van der Waals surface area contributed by atoms with Crippen molar-refractivity contribution in [2.24, 2.45) is 0 Å². The Morgan fingerprint density at radius 3 is 1.22 bits per heavy atom. The molecule has 0 rings (SSSR count). The molecule has 2 N–H and O–H groups in total. The number of rotatable bonds is 58. The highest BCUT2D eigenvalue weighted by atomic mass is 31.2. The maximum absolute atomic E-state index is 13.0. The molecule has 9 heteroatoms. The Labute approximate surface area is 471 Å². The van der Waals surface area contributed by atoms with Crippen molar-refractivity contribution < 1.29 is 32.9 Å². The molecule has 0 saturated heterocycles. The van der Waals surface area contributed by atoms with Crippen molar-refractivity contribution in [3.8, 4) is 0 Å². The Bertz CT molecular complexity index is 1510. The fourth-order valence-electron chi connectivity index (χ4n) is 9.12. The number of aliphatic hydroxyl groups excluding tert-OH is 1. The monoisotopic (exact) mass is 1080 g/mol. The molecule has 0 aromatic rings. The van der Waals surface area contributed by atoms with Gasteiger partial charge in [0.15, 0.2) is 0 Å². The largest absolute Gasteiger partial charge is 0.756 e. The van der Waals surface area contributed by atoms with Gasteiger partial charge in [-0.15, -0.1) is 0 Å². The van der Waals surface area contributed by atoms with Crippen LogP contribution in [0, 0.1) is 0 Å². The molecule has 0 fully saturated rings. The van der Waals surface area contributed by atoms with Crippen LogP contribution in [0.3, 0.4) is 0 Å². The first-order valence-electron chi connectivity index (χ1n) is 31.9. The van der Waals surface area contributed by atoms with Crippen molar-refractivity contribution in [1.29, 1.82) is 0 Å². The highest BCUT2D eigenvalue weighted by molar-refractivity contribution is 7.45. The number of nitrogens with zero attached hydrogens (tertiary/aromatic N) is 1. The number of aliphatic hydroxyl groups is 1. The summed E-state index contributed by atoms with van der Waals surface area (Å²) >= 11 is 0. The quantitative estimate of drug-likeness (QED) is 0.0272. The molecule has 8 nitrogen and oxygen atoms in total. The minimum absolute atomic E-state index is 0.0104. The number of nitrogens with one attached hydrogen (secondary N) is 1. The van der Waals surface area contributed by atoms with Gasteiger partial charge in [0.1, 0.15) is 13.2 Å². The fraction of sp³-hybridized carbons (Fsp3) is 0.776. The molecule has 0 radical (unpaired) electrons. The van der Waals surface area contributed by atoms with Crippen molar-refractivity contribution in [2.75, 3.05) is 40.9 Å². The number of phosphoric acid groups is 1. The zero-order valence-electron chi connectivity index (χ0n) is 50.4. The van der Waals surface area contributed by atoms with E-state index in [0.29, 0.717) is 17.4 Å². The third-order valence-corrected chi connectivity index (χ3v) is 15.0. The normalized spacial score (nSPS) is 14.4. The predicted molar refractivity (Wildman–Crippen MR) is 330 cm³/mol. The first-order chi connectivity index (χ1) is 37.0. The second-order valence-corrected chi connectivity index (χ2v) is 24.1. The van der Waals surface area contributed by atoms with Crippen molar-refractivity contribution in [2.45, 2.75) is 296 Å². The summed E-state index contributed by atoms with van der Waals surface area (Å²) in [6.45, 7) is 4.53. The molecule has 3 atom stereocenters. The van der Waals surface area contributed by atoms with Crippen LogP contribution in [0.15, 0.2) is 85.1 Å². The van der Waals surface area contributed by atoms with Gasteiger partial charge in [-0.1, -0.05) is 279 Å². The SMILES string of the molecule is CC/C=C\C/C=C\C/C=C\C/C=C\CCCCCCCCCCCCCCCCCCCCCCC(=O)NC(COP(=O)([O-])OCC[N+](C)(C)C)C(O)/C=C/CC/C=C/CC/C=C/CCCCCCCCCCCCC. The molecule has 76 heavy (non-hydrogen) atoms. The highest BCUT2D eigenvalue weighted by Crippen LogP contribution is 2.38. The third-order valence-electron chi connectivity index (χ3n) is 14.1. The Morgan fingerprint density at radius 1 is 0.474 bits per heavy atom. The maximum atomic E-state index is 13.0. The Morgan fingerprint density at radius 2 is 0.816 bits per heavy atom. The van der Waals surface area contributed by atoms with E-state index in [1.807, 2.05) is 27.2 Å². The Balaban J connectivity index is 4.12. The van der Waals surface area contributed by atoms with E-state index in [4.69, 9.17) is 9.05 Å². The van der Waals surface area contributed by atoms with Crippen LogP contribution in [0.2, 0.25) is 0 Å². The van der Waals surface area contributed by atoms with Gasteiger partial charge in [0.05, 0.1) is 39.9 Å². The van der Waals surface area contributed by atoms with Crippen molar-refractivity contribution in [3.63, 3.8) is 0 Å². The van der Waals surface area contributed by atoms with E-state index in [9.17, 15) is 19.4 Å². The summed E-state index contributed by atoms with van der Waals surface area (Å²) in [5, 5.41) is 13.9. The lowest BCUT2D eigenvalue weighted by Gasteiger charge is -2.29. The van der Waals surface area contributed by atoms with Crippen LogP contribution in [0.1, 0.15) is 284 Å². The molecule has 0 bridgehead atoms. The highest BCUT2D eigenvalue weighted by Gasteiger charge is 2.23. The summed E-state index contributed by atoms with van der Waals surface area (Å²) in [7, 11) is 1.24. The van der Waals surface area contributed by atoms with Crippen LogP contribution < -0.4 is 10.2 Å². The van der Waals surface area contributed by atoms with Gasteiger partial charge in [-0.3, -0.25) is 9.36 Å². The van der Waals surface area contributed by atoms with Crippen LogP contribution in [-0.2, 0) is 18.4 Å². The van der Waals surface area contributed by atoms with Gasteiger partial charge < -0.3 is 28.8 Å². The molecule has 442 valence electrons. The summed E-state index contributed by atoms with van der Waals surface area (Å²) in [6, 6.07) is -0.913. The number of quaternary nitrogens is 1. The molecular weight excluding hydrogens is 960 g/mol. The lowest BCUT2D eigenvalue weighted by Crippen LogP contribution is -2.45. The van der Waals surface area contributed by atoms with E-state index in [2.05, 4.69) is 92.1 Å². The van der Waals surface area contributed by atoms with E-state index in [1.54, 1.807) is 6.08 Å². The summed E-state index contributed by atoms with van der Waals surface area (Å²) in [5.41, 5.74) is 0. The number of unbranched alkanes of at least 4 members (excludes halogenated alkanes) is 33. The average molecular weight is 1080 g/mol. The molecular formula is C67H123N2O6P. The van der Waals surface area contributed by atoms with E-state index in [0.717, 1.165) is 70.6 Å². The molecule has 0 heterocycles. The van der Waals surface area contributed by atoms with Crippen molar-refractivity contribution >= 4 is 13.7 Å². The molecule has 3 unspecified atom stereocenters. The second kappa shape index (κ2) is 57.4. The summed E-state index contributed by atoms with van der Waals surface area (Å²) in [5.74, 6) is -0.209. The van der Waals surface area contributed by atoms with Crippen LogP contribution >= 0.6 is 7.82 Å². The van der Waals surface area contributed by atoms with Crippen LogP contribution in [-0.4, -0.2) is 68.5 Å². The number of amides is 1. The van der Waals surface area contributed by atoms with Gasteiger partial charge >= 0.3 is 0 Å². The third kappa shape index (κ3) is 59.3.